The smallest absolute Gasteiger partial charge is 0.0159 e. The van der Waals surface area contributed by atoms with Gasteiger partial charge in [-0.2, -0.15) is 0 Å². The summed E-state index contributed by atoms with van der Waals surface area (Å²) in [6.07, 6.45) is 7.05. The van der Waals surface area contributed by atoms with E-state index in [4.69, 9.17) is 0 Å². The molecule has 2 rings (SSSR count). The van der Waals surface area contributed by atoms with Crippen LogP contribution in [0.2, 0.25) is 0 Å². The molecule has 0 aromatic rings. The molecule has 2 aliphatic rings. The van der Waals surface area contributed by atoms with Gasteiger partial charge in [0.1, 0.15) is 0 Å². The van der Waals surface area contributed by atoms with Crippen molar-refractivity contribution in [1.29, 1.82) is 0 Å². The Bertz CT molecular complexity index is 294. The van der Waals surface area contributed by atoms with Crippen molar-refractivity contribution in [1.82, 2.24) is 10.2 Å². The van der Waals surface area contributed by atoms with E-state index in [1.54, 1.807) is 0 Å². The quantitative estimate of drug-likeness (QED) is 0.725. The summed E-state index contributed by atoms with van der Waals surface area (Å²) in [5.74, 6) is 1.69. The number of hydrogen-bond donors (Lipinski definition) is 1. The van der Waals surface area contributed by atoms with Crippen molar-refractivity contribution in [2.24, 2.45) is 17.3 Å². The lowest BCUT2D eigenvalue weighted by Crippen LogP contribution is -2.46. The minimum absolute atomic E-state index is 0.480. The Kier molecular flexibility index (Phi) is 5.53. The van der Waals surface area contributed by atoms with Gasteiger partial charge >= 0.3 is 0 Å². The zero-order chi connectivity index (χ0) is 14.8. The van der Waals surface area contributed by atoms with Crippen molar-refractivity contribution in [3.63, 3.8) is 0 Å². The molecule has 2 unspecified atom stereocenters. The van der Waals surface area contributed by atoms with Crippen LogP contribution in [-0.2, 0) is 0 Å². The lowest BCUT2D eigenvalue weighted by atomic mass is 9.84. The fourth-order valence-electron chi connectivity index (χ4n) is 3.97. The summed E-state index contributed by atoms with van der Waals surface area (Å²) < 4.78 is 0. The molecule has 0 spiro atoms. The first-order valence-electron chi connectivity index (χ1n) is 8.91. The summed E-state index contributed by atoms with van der Waals surface area (Å²) in [7, 11) is 0. The van der Waals surface area contributed by atoms with Crippen molar-refractivity contribution in [2.45, 2.75) is 78.8 Å². The van der Waals surface area contributed by atoms with E-state index in [-0.39, 0.29) is 0 Å². The highest BCUT2D eigenvalue weighted by Gasteiger charge is 2.43. The second-order valence-electron chi connectivity index (χ2n) is 8.23. The van der Waals surface area contributed by atoms with E-state index in [0.29, 0.717) is 11.5 Å². The standard InChI is InChI=1S/C18H36N2/c1-6-19-17-15(9-11-18(17,4)5)13-20(16-7-8-16)12-10-14(2)3/h14-17,19H,6-13H2,1-5H3. The maximum Gasteiger partial charge on any atom is 0.0159 e. The molecule has 0 aromatic carbocycles. The van der Waals surface area contributed by atoms with Gasteiger partial charge in [-0.1, -0.05) is 34.6 Å². The van der Waals surface area contributed by atoms with Crippen LogP contribution in [0.1, 0.15) is 66.7 Å². The van der Waals surface area contributed by atoms with Crippen molar-refractivity contribution in [3.05, 3.63) is 0 Å². The molecule has 2 saturated carbocycles. The average Bonchev–Trinajstić information content (AvgIpc) is 3.16. The third-order valence-corrected chi connectivity index (χ3v) is 5.42. The van der Waals surface area contributed by atoms with Crippen LogP contribution in [0.5, 0.6) is 0 Å². The molecule has 0 bridgehead atoms. The maximum atomic E-state index is 3.79. The summed E-state index contributed by atoms with van der Waals surface area (Å²) in [6.45, 7) is 15.6. The summed E-state index contributed by atoms with van der Waals surface area (Å²) in [4.78, 5) is 2.82. The van der Waals surface area contributed by atoms with Crippen molar-refractivity contribution >= 4 is 0 Å². The highest BCUT2D eigenvalue weighted by molar-refractivity contribution is 4.98. The Hall–Kier alpha value is -0.0800. The molecule has 2 heteroatoms. The Labute approximate surface area is 126 Å². The number of nitrogens with zero attached hydrogens (tertiary/aromatic N) is 1. The lowest BCUT2D eigenvalue weighted by Gasteiger charge is -2.34. The minimum Gasteiger partial charge on any atom is -0.313 e. The van der Waals surface area contributed by atoms with E-state index in [1.165, 1.54) is 45.2 Å². The van der Waals surface area contributed by atoms with Gasteiger partial charge in [-0.25, -0.2) is 0 Å². The molecule has 0 saturated heterocycles. The van der Waals surface area contributed by atoms with Gasteiger partial charge in [0.25, 0.3) is 0 Å². The van der Waals surface area contributed by atoms with Gasteiger partial charge < -0.3 is 10.2 Å². The zero-order valence-corrected chi connectivity index (χ0v) is 14.4. The van der Waals surface area contributed by atoms with Crippen LogP contribution in [0, 0.1) is 17.3 Å². The third kappa shape index (κ3) is 4.21. The average molecular weight is 280 g/mol. The van der Waals surface area contributed by atoms with Gasteiger partial charge in [-0.3, -0.25) is 0 Å². The maximum absolute atomic E-state index is 3.79. The van der Waals surface area contributed by atoms with E-state index in [2.05, 4.69) is 44.8 Å². The van der Waals surface area contributed by atoms with E-state index in [0.717, 1.165) is 24.4 Å². The summed E-state index contributed by atoms with van der Waals surface area (Å²) in [5, 5.41) is 3.79. The molecule has 2 atom stereocenters. The Balaban J connectivity index is 1.91. The number of nitrogens with one attached hydrogen (secondary N) is 1. The van der Waals surface area contributed by atoms with Crippen LogP contribution in [0.3, 0.4) is 0 Å². The fourth-order valence-corrected chi connectivity index (χ4v) is 3.97. The Morgan fingerprint density at radius 1 is 1.20 bits per heavy atom. The van der Waals surface area contributed by atoms with Crippen LogP contribution in [0.4, 0.5) is 0 Å². The van der Waals surface area contributed by atoms with Gasteiger partial charge in [-0.05, 0) is 62.4 Å². The van der Waals surface area contributed by atoms with Gasteiger partial charge in [0, 0.05) is 18.6 Å². The zero-order valence-electron chi connectivity index (χ0n) is 14.4. The molecule has 1 N–H and O–H groups in total. The molecule has 118 valence electrons. The van der Waals surface area contributed by atoms with E-state index < -0.39 is 0 Å². The van der Waals surface area contributed by atoms with E-state index in [9.17, 15) is 0 Å². The molecule has 2 aliphatic carbocycles. The number of hydrogen-bond acceptors (Lipinski definition) is 2. The molecule has 2 nitrogen and oxygen atoms in total. The highest BCUT2D eigenvalue weighted by atomic mass is 15.2. The third-order valence-electron chi connectivity index (χ3n) is 5.42. The predicted octanol–water partition coefficient (Wildman–Crippen LogP) is 3.91. The summed E-state index contributed by atoms with van der Waals surface area (Å²) in [6, 6.07) is 1.63. The Morgan fingerprint density at radius 2 is 1.90 bits per heavy atom. The van der Waals surface area contributed by atoms with Crippen LogP contribution < -0.4 is 5.32 Å². The normalized spacial score (nSPS) is 29.6. The first-order valence-corrected chi connectivity index (χ1v) is 8.91. The minimum atomic E-state index is 0.480. The lowest BCUT2D eigenvalue weighted by molar-refractivity contribution is 0.172. The van der Waals surface area contributed by atoms with Crippen molar-refractivity contribution in [2.75, 3.05) is 19.6 Å². The molecule has 0 radical (unpaired) electrons. The largest absolute Gasteiger partial charge is 0.313 e. The van der Waals surface area contributed by atoms with Crippen molar-refractivity contribution < 1.29 is 0 Å². The second-order valence-corrected chi connectivity index (χ2v) is 8.23. The second kappa shape index (κ2) is 6.79. The SMILES string of the molecule is CCNC1C(CN(CCC(C)C)C2CC2)CCC1(C)C. The molecule has 2 fully saturated rings. The highest BCUT2D eigenvalue weighted by Crippen LogP contribution is 2.42. The van der Waals surface area contributed by atoms with Crippen LogP contribution in [0.15, 0.2) is 0 Å². The van der Waals surface area contributed by atoms with E-state index in [1.807, 2.05) is 0 Å². The van der Waals surface area contributed by atoms with Gasteiger partial charge in [0.05, 0.1) is 0 Å². The fraction of sp³-hybridized carbons (Fsp3) is 1.00. The van der Waals surface area contributed by atoms with Crippen LogP contribution in [0.25, 0.3) is 0 Å². The molecule has 0 amide bonds. The summed E-state index contributed by atoms with van der Waals surface area (Å²) >= 11 is 0. The molecule has 0 aliphatic heterocycles. The first kappa shape index (κ1) is 16.3. The Morgan fingerprint density at radius 3 is 2.45 bits per heavy atom. The molecular weight excluding hydrogens is 244 g/mol. The molecular formula is C18H36N2. The molecule has 0 heterocycles. The monoisotopic (exact) mass is 280 g/mol. The predicted molar refractivity (Wildman–Crippen MR) is 88.0 cm³/mol. The van der Waals surface area contributed by atoms with Gasteiger partial charge in [0.15, 0.2) is 0 Å². The van der Waals surface area contributed by atoms with Crippen molar-refractivity contribution in [3.8, 4) is 0 Å². The van der Waals surface area contributed by atoms with Gasteiger partial charge in [-0.15, -0.1) is 0 Å². The summed E-state index contributed by atoms with van der Waals surface area (Å²) in [5.41, 5.74) is 0.480. The molecule has 0 aromatic heterocycles. The molecule has 20 heavy (non-hydrogen) atoms. The topological polar surface area (TPSA) is 15.3 Å². The van der Waals surface area contributed by atoms with Gasteiger partial charge in [0.2, 0.25) is 0 Å². The van der Waals surface area contributed by atoms with Crippen LogP contribution >= 0.6 is 0 Å². The number of rotatable bonds is 8. The first-order chi connectivity index (χ1) is 9.44. The van der Waals surface area contributed by atoms with E-state index >= 15 is 0 Å². The van der Waals surface area contributed by atoms with Crippen LogP contribution in [-0.4, -0.2) is 36.6 Å².